The molecular formula is C10H9N3O5S2. The molecule has 106 valence electrons. The summed E-state index contributed by atoms with van der Waals surface area (Å²) in [6, 6.07) is 5.36. The molecule has 2 rings (SSSR count). The fourth-order valence-corrected chi connectivity index (χ4v) is 2.94. The second kappa shape index (κ2) is 5.84. The van der Waals surface area contributed by atoms with Crippen LogP contribution in [0.5, 0.6) is 5.75 Å². The molecule has 0 saturated carbocycles. The average Bonchev–Trinajstić information content (AvgIpc) is 2.89. The molecule has 10 heteroatoms. The third-order valence-electron chi connectivity index (χ3n) is 2.08. The number of carboxylic acid groups (broad SMARTS) is 1. The number of ether oxygens (including phenoxy) is 1. The highest BCUT2D eigenvalue weighted by molar-refractivity contribution is 7.93. The predicted molar refractivity (Wildman–Crippen MR) is 70.3 cm³/mol. The van der Waals surface area contributed by atoms with Gasteiger partial charge in [-0.1, -0.05) is 11.3 Å². The summed E-state index contributed by atoms with van der Waals surface area (Å²) in [6.07, 6.45) is 0. The number of benzene rings is 1. The first kappa shape index (κ1) is 14.2. The van der Waals surface area contributed by atoms with Gasteiger partial charge in [0.05, 0.1) is 4.90 Å². The topological polar surface area (TPSA) is 118 Å². The third-order valence-corrected chi connectivity index (χ3v) is 4.17. The number of hydrogen-bond acceptors (Lipinski definition) is 7. The van der Waals surface area contributed by atoms with E-state index in [1.807, 2.05) is 0 Å². The molecule has 1 heterocycles. The van der Waals surface area contributed by atoms with E-state index in [1.165, 1.54) is 29.8 Å². The molecule has 0 aliphatic carbocycles. The number of aromatic nitrogens is 2. The van der Waals surface area contributed by atoms with Crippen molar-refractivity contribution in [1.82, 2.24) is 10.2 Å². The van der Waals surface area contributed by atoms with Gasteiger partial charge in [-0.05, 0) is 24.3 Å². The maximum atomic E-state index is 12.0. The smallest absolute Gasteiger partial charge is 0.341 e. The van der Waals surface area contributed by atoms with E-state index in [2.05, 4.69) is 14.9 Å². The van der Waals surface area contributed by atoms with Crippen molar-refractivity contribution in [2.45, 2.75) is 4.90 Å². The Morgan fingerprint density at radius 3 is 2.60 bits per heavy atom. The van der Waals surface area contributed by atoms with E-state index in [0.717, 1.165) is 11.3 Å². The van der Waals surface area contributed by atoms with Gasteiger partial charge in [0.2, 0.25) is 5.13 Å². The summed E-state index contributed by atoms with van der Waals surface area (Å²) in [4.78, 5) is 10.3. The highest BCUT2D eigenvalue weighted by atomic mass is 32.2. The van der Waals surface area contributed by atoms with Crippen molar-refractivity contribution in [1.29, 1.82) is 0 Å². The first-order valence-electron chi connectivity index (χ1n) is 5.21. The molecule has 0 unspecified atom stereocenters. The third kappa shape index (κ3) is 3.65. The van der Waals surface area contributed by atoms with Crippen LogP contribution >= 0.6 is 11.3 Å². The summed E-state index contributed by atoms with van der Waals surface area (Å²) >= 11 is 1.06. The van der Waals surface area contributed by atoms with E-state index >= 15 is 0 Å². The van der Waals surface area contributed by atoms with Crippen molar-refractivity contribution >= 4 is 32.5 Å². The van der Waals surface area contributed by atoms with Gasteiger partial charge in [-0.2, -0.15) is 0 Å². The molecule has 0 spiro atoms. The monoisotopic (exact) mass is 315 g/mol. The molecule has 2 aromatic rings. The van der Waals surface area contributed by atoms with Crippen molar-refractivity contribution in [3.05, 3.63) is 29.8 Å². The molecular weight excluding hydrogens is 306 g/mol. The standard InChI is InChI=1S/C10H9N3O5S2/c14-9(15)5-18-7-1-3-8(4-2-7)20(16,17)13-10-12-11-6-19-10/h1-4,6H,5H2,(H,12,13)(H,14,15). The Morgan fingerprint density at radius 1 is 1.35 bits per heavy atom. The zero-order valence-corrected chi connectivity index (χ0v) is 11.5. The molecule has 0 saturated heterocycles. The Kier molecular flexibility index (Phi) is 4.15. The lowest BCUT2D eigenvalue weighted by Crippen LogP contribution is -2.13. The van der Waals surface area contributed by atoms with Crippen LogP contribution in [0.3, 0.4) is 0 Å². The van der Waals surface area contributed by atoms with Gasteiger partial charge in [0.1, 0.15) is 11.3 Å². The molecule has 2 N–H and O–H groups in total. The Hall–Kier alpha value is -2.20. The lowest BCUT2D eigenvalue weighted by atomic mass is 10.3. The summed E-state index contributed by atoms with van der Waals surface area (Å²) in [5.74, 6) is -0.845. The molecule has 8 nitrogen and oxygen atoms in total. The Morgan fingerprint density at radius 2 is 2.05 bits per heavy atom. The zero-order chi connectivity index (χ0) is 14.6. The van der Waals surface area contributed by atoms with E-state index in [0.29, 0.717) is 0 Å². The van der Waals surface area contributed by atoms with Gasteiger partial charge in [-0.3, -0.25) is 4.72 Å². The second-order valence-corrected chi connectivity index (χ2v) is 6.02. The number of rotatable bonds is 6. The summed E-state index contributed by atoms with van der Waals surface area (Å²) in [5.41, 5.74) is 1.40. The van der Waals surface area contributed by atoms with E-state index in [4.69, 9.17) is 9.84 Å². The first-order valence-corrected chi connectivity index (χ1v) is 7.57. The number of carboxylic acids is 1. The van der Waals surface area contributed by atoms with E-state index in [1.54, 1.807) is 0 Å². The minimum absolute atomic E-state index is 0.00961. The highest BCUT2D eigenvalue weighted by Gasteiger charge is 2.15. The predicted octanol–water partition coefficient (Wildman–Crippen LogP) is 0.802. The van der Waals surface area contributed by atoms with Crippen molar-refractivity contribution in [2.24, 2.45) is 0 Å². The SMILES string of the molecule is O=C(O)COc1ccc(S(=O)(=O)Nc2nncs2)cc1. The summed E-state index contributed by atoms with van der Waals surface area (Å²) in [5, 5.41) is 15.7. The number of carbonyl (C=O) groups is 1. The summed E-state index contributed by atoms with van der Waals surface area (Å²) in [6.45, 7) is -0.491. The molecule has 1 aromatic carbocycles. The van der Waals surface area contributed by atoms with E-state index < -0.39 is 22.6 Å². The van der Waals surface area contributed by atoms with Crippen LogP contribution in [0.2, 0.25) is 0 Å². The molecule has 0 bridgehead atoms. The fraction of sp³-hybridized carbons (Fsp3) is 0.100. The number of nitrogens with one attached hydrogen (secondary N) is 1. The molecule has 0 fully saturated rings. The van der Waals surface area contributed by atoms with Crippen LogP contribution in [-0.4, -0.2) is 36.3 Å². The van der Waals surface area contributed by atoms with Gasteiger partial charge in [0.25, 0.3) is 10.0 Å². The van der Waals surface area contributed by atoms with Crippen LogP contribution in [-0.2, 0) is 14.8 Å². The normalized spacial score (nSPS) is 11.0. The van der Waals surface area contributed by atoms with Crippen LogP contribution < -0.4 is 9.46 Å². The Bertz CT molecular complexity index is 682. The molecule has 1 aromatic heterocycles. The fourth-order valence-electron chi connectivity index (χ4n) is 1.25. The molecule has 0 amide bonds. The van der Waals surface area contributed by atoms with Gasteiger partial charge < -0.3 is 9.84 Å². The highest BCUT2D eigenvalue weighted by Crippen LogP contribution is 2.19. The largest absolute Gasteiger partial charge is 0.482 e. The molecule has 0 atom stereocenters. The van der Waals surface area contributed by atoms with Crippen molar-refractivity contribution in [3.63, 3.8) is 0 Å². The van der Waals surface area contributed by atoms with Crippen molar-refractivity contribution in [2.75, 3.05) is 11.3 Å². The van der Waals surface area contributed by atoms with Crippen molar-refractivity contribution in [3.8, 4) is 5.75 Å². The van der Waals surface area contributed by atoms with Gasteiger partial charge >= 0.3 is 5.97 Å². The van der Waals surface area contributed by atoms with Gasteiger partial charge in [-0.15, -0.1) is 10.2 Å². The zero-order valence-electron chi connectivity index (χ0n) is 9.88. The van der Waals surface area contributed by atoms with Crippen LogP contribution in [0.15, 0.2) is 34.7 Å². The maximum absolute atomic E-state index is 12.0. The number of hydrogen-bond donors (Lipinski definition) is 2. The van der Waals surface area contributed by atoms with E-state index in [9.17, 15) is 13.2 Å². The van der Waals surface area contributed by atoms with E-state index in [-0.39, 0.29) is 15.8 Å². The van der Waals surface area contributed by atoms with Crippen LogP contribution in [0, 0.1) is 0 Å². The molecule has 0 aliphatic heterocycles. The summed E-state index contributed by atoms with van der Waals surface area (Å²) in [7, 11) is -3.75. The number of anilines is 1. The maximum Gasteiger partial charge on any atom is 0.341 e. The van der Waals surface area contributed by atoms with Gasteiger partial charge in [0.15, 0.2) is 6.61 Å². The van der Waals surface area contributed by atoms with Gasteiger partial charge in [-0.25, -0.2) is 13.2 Å². The van der Waals surface area contributed by atoms with Gasteiger partial charge in [0, 0.05) is 0 Å². The minimum atomic E-state index is -3.75. The number of aliphatic carboxylic acids is 1. The number of nitrogens with zero attached hydrogens (tertiary/aromatic N) is 2. The minimum Gasteiger partial charge on any atom is -0.482 e. The molecule has 20 heavy (non-hydrogen) atoms. The second-order valence-electron chi connectivity index (χ2n) is 3.50. The van der Waals surface area contributed by atoms with Crippen LogP contribution in [0.1, 0.15) is 0 Å². The summed E-state index contributed by atoms with van der Waals surface area (Å²) < 4.78 is 31.1. The quantitative estimate of drug-likeness (QED) is 0.809. The van der Waals surface area contributed by atoms with Crippen LogP contribution in [0.4, 0.5) is 5.13 Å². The molecule has 0 radical (unpaired) electrons. The lowest BCUT2D eigenvalue weighted by Gasteiger charge is -2.06. The average molecular weight is 315 g/mol. The Balaban J connectivity index is 2.10. The molecule has 0 aliphatic rings. The first-order chi connectivity index (χ1) is 9.47. The number of sulfonamides is 1. The van der Waals surface area contributed by atoms with Crippen molar-refractivity contribution < 1.29 is 23.1 Å². The van der Waals surface area contributed by atoms with Crippen LogP contribution in [0.25, 0.3) is 0 Å². The Labute approximate surface area is 118 Å². The lowest BCUT2D eigenvalue weighted by molar-refractivity contribution is -0.139.